The van der Waals surface area contributed by atoms with E-state index in [-0.39, 0.29) is 12.3 Å². The number of amides is 1. The van der Waals surface area contributed by atoms with Crippen LogP contribution in [0.3, 0.4) is 0 Å². The van der Waals surface area contributed by atoms with E-state index < -0.39 is 0 Å². The molecule has 6 heteroatoms. The van der Waals surface area contributed by atoms with E-state index in [0.717, 1.165) is 27.1 Å². The first-order valence-electron chi connectivity index (χ1n) is 7.44. The van der Waals surface area contributed by atoms with Gasteiger partial charge in [-0.3, -0.25) is 4.79 Å². The molecule has 4 nitrogen and oxygen atoms in total. The lowest BCUT2D eigenvalue weighted by atomic mass is 10.1. The normalized spacial score (nSPS) is 11.9. The summed E-state index contributed by atoms with van der Waals surface area (Å²) in [5.41, 5.74) is 2.82. The van der Waals surface area contributed by atoms with Gasteiger partial charge in [0.1, 0.15) is 5.75 Å². The van der Waals surface area contributed by atoms with Crippen molar-refractivity contribution in [2.75, 3.05) is 7.11 Å². The first-order valence-corrected chi connectivity index (χ1v) is 8.64. The molecule has 0 N–H and O–H groups in total. The van der Waals surface area contributed by atoms with Crippen molar-refractivity contribution >= 4 is 39.1 Å². The smallest absolute Gasteiger partial charge is 0.252 e. The Kier molecular flexibility index (Phi) is 4.73. The Morgan fingerprint density at radius 1 is 1.33 bits per heavy atom. The fourth-order valence-electron chi connectivity index (χ4n) is 2.64. The van der Waals surface area contributed by atoms with Gasteiger partial charge in [0.2, 0.25) is 0 Å². The molecule has 0 saturated heterocycles. The summed E-state index contributed by atoms with van der Waals surface area (Å²) in [5, 5.41) is 0.658. The highest BCUT2D eigenvalue weighted by molar-refractivity contribution is 7.16. The molecule has 1 aromatic heterocycles. The van der Waals surface area contributed by atoms with Crippen LogP contribution in [-0.4, -0.2) is 17.6 Å². The van der Waals surface area contributed by atoms with Gasteiger partial charge in [-0.15, -0.1) is 0 Å². The van der Waals surface area contributed by atoms with Crippen molar-refractivity contribution in [3.05, 3.63) is 57.3 Å². The number of carbonyl (C=O) groups is 1. The fraction of sp³-hybridized carbons (Fsp3) is 0.222. The fourth-order valence-corrected chi connectivity index (χ4v) is 4.05. The maximum Gasteiger partial charge on any atom is 0.252 e. The summed E-state index contributed by atoms with van der Waals surface area (Å²) in [6, 6.07) is 11.4. The van der Waals surface area contributed by atoms with E-state index >= 15 is 0 Å². The van der Waals surface area contributed by atoms with Gasteiger partial charge in [0.25, 0.3) is 5.91 Å². The lowest BCUT2D eigenvalue weighted by Gasteiger charge is -2.05. The average molecular weight is 361 g/mol. The van der Waals surface area contributed by atoms with E-state index in [1.54, 1.807) is 7.11 Å². The van der Waals surface area contributed by atoms with Crippen molar-refractivity contribution in [1.29, 1.82) is 0 Å². The van der Waals surface area contributed by atoms with Crippen molar-refractivity contribution in [2.45, 2.75) is 13.3 Å². The van der Waals surface area contributed by atoms with Crippen molar-refractivity contribution in [3.63, 3.8) is 0 Å². The number of carbonyl (C=O) groups excluding carboxylic acids is 1. The summed E-state index contributed by atoms with van der Waals surface area (Å²) in [6.07, 6.45) is 0.257. The quantitative estimate of drug-likeness (QED) is 0.711. The second kappa shape index (κ2) is 6.79. The number of halogens is 1. The summed E-state index contributed by atoms with van der Waals surface area (Å²) >= 11 is 7.69. The number of methoxy groups -OCH3 is 1. The van der Waals surface area contributed by atoms with Crippen LogP contribution in [0.2, 0.25) is 5.02 Å². The third-order valence-electron chi connectivity index (χ3n) is 3.81. The topological polar surface area (TPSA) is 43.6 Å². The van der Waals surface area contributed by atoms with Crippen LogP contribution in [-0.2, 0) is 18.3 Å². The Morgan fingerprint density at radius 3 is 2.79 bits per heavy atom. The van der Waals surface area contributed by atoms with E-state index in [0.29, 0.717) is 9.82 Å². The summed E-state index contributed by atoms with van der Waals surface area (Å²) < 4.78 is 8.11. The van der Waals surface area contributed by atoms with Gasteiger partial charge in [0, 0.05) is 7.05 Å². The molecule has 124 valence electrons. The van der Waals surface area contributed by atoms with E-state index in [1.807, 2.05) is 54.9 Å². The number of benzene rings is 2. The number of aromatic nitrogens is 1. The molecule has 1 amide bonds. The van der Waals surface area contributed by atoms with Crippen LogP contribution < -0.4 is 9.54 Å². The van der Waals surface area contributed by atoms with E-state index in [1.165, 1.54) is 11.3 Å². The number of nitrogens with zero attached hydrogens (tertiary/aromatic N) is 2. The zero-order valence-electron chi connectivity index (χ0n) is 13.7. The van der Waals surface area contributed by atoms with Gasteiger partial charge in [-0.1, -0.05) is 41.1 Å². The largest absolute Gasteiger partial charge is 0.496 e. The zero-order chi connectivity index (χ0) is 17.3. The summed E-state index contributed by atoms with van der Waals surface area (Å²) in [7, 11) is 3.50. The number of thiazole rings is 1. The Balaban J connectivity index is 1.91. The predicted octanol–water partition coefficient (Wildman–Crippen LogP) is 3.88. The molecule has 0 aliphatic carbocycles. The van der Waals surface area contributed by atoms with Crippen LogP contribution >= 0.6 is 22.9 Å². The minimum atomic E-state index is -0.183. The molecule has 3 aromatic rings. The van der Waals surface area contributed by atoms with Crippen molar-refractivity contribution in [3.8, 4) is 5.75 Å². The van der Waals surface area contributed by atoms with E-state index in [4.69, 9.17) is 16.3 Å². The highest BCUT2D eigenvalue weighted by atomic mass is 35.5. The molecule has 0 bridgehead atoms. The van der Waals surface area contributed by atoms with E-state index in [2.05, 4.69) is 4.99 Å². The molecule has 0 aliphatic heterocycles. The molecule has 0 radical (unpaired) electrons. The second-order valence-corrected chi connectivity index (χ2v) is 6.93. The molecule has 3 rings (SSSR count). The van der Waals surface area contributed by atoms with Crippen molar-refractivity contribution in [1.82, 2.24) is 4.57 Å². The minimum Gasteiger partial charge on any atom is -0.496 e. The lowest BCUT2D eigenvalue weighted by molar-refractivity contribution is -0.117. The lowest BCUT2D eigenvalue weighted by Crippen LogP contribution is -2.14. The summed E-state index contributed by atoms with van der Waals surface area (Å²) in [4.78, 5) is 17.2. The molecule has 0 fully saturated rings. The molecule has 0 saturated carbocycles. The minimum absolute atomic E-state index is 0.183. The molecule has 0 aliphatic rings. The maximum absolute atomic E-state index is 12.3. The number of aryl methyl sites for hydroxylation is 2. The van der Waals surface area contributed by atoms with Gasteiger partial charge in [-0.05, 0) is 36.2 Å². The molecule has 0 unspecified atom stereocenters. The number of rotatable bonds is 3. The molecule has 0 spiro atoms. The Morgan fingerprint density at radius 2 is 2.12 bits per heavy atom. The first kappa shape index (κ1) is 16.7. The van der Waals surface area contributed by atoms with Gasteiger partial charge in [-0.25, -0.2) is 0 Å². The van der Waals surface area contributed by atoms with Gasteiger partial charge in [-0.2, -0.15) is 4.99 Å². The van der Waals surface area contributed by atoms with Crippen molar-refractivity contribution in [2.24, 2.45) is 12.0 Å². The Labute approximate surface area is 149 Å². The SMILES string of the molecule is COc1ccc(CC(=O)N=c2sc3cccc(Cl)c3n2C)cc1C. The van der Waals surface area contributed by atoms with Crippen LogP contribution in [0.5, 0.6) is 5.75 Å². The molecule has 0 atom stereocenters. The van der Waals surface area contributed by atoms with E-state index in [9.17, 15) is 4.79 Å². The highest BCUT2D eigenvalue weighted by Gasteiger charge is 2.09. The molecular formula is C18H17ClN2O2S. The van der Waals surface area contributed by atoms with Crippen LogP contribution in [0.4, 0.5) is 0 Å². The average Bonchev–Trinajstić information content (AvgIpc) is 2.85. The maximum atomic E-state index is 12.3. The second-order valence-electron chi connectivity index (χ2n) is 5.52. The number of hydrogen-bond donors (Lipinski definition) is 0. The Hall–Kier alpha value is -2.11. The standard InChI is InChI=1S/C18H17ClN2O2S/c1-11-9-12(7-8-14(11)23-3)10-16(22)20-18-21(2)17-13(19)5-4-6-15(17)24-18/h4-9H,10H2,1-3H3. The van der Waals surface area contributed by atoms with Crippen molar-refractivity contribution < 1.29 is 9.53 Å². The van der Waals surface area contributed by atoms with Crippen LogP contribution in [0.15, 0.2) is 41.4 Å². The van der Waals surface area contributed by atoms with Gasteiger partial charge in [0.15, 0.2) is 4.80 Å². The van der Waals surface area contributed by atoms with Gasteiger partial charge >= 0.3 is 0 Å². The van der Waals surface area contributed by atoms with Gasteiger partial charge in [0.05, 0.1) is 28.8 Å². The summed E-state index contributed by atoms with van der Waals surface area (Å²) in [6.45, 7) is 1.96. The molecule has 24 heavy (non-hydrogen) atoms. The number of ether oxygens (including phenoxy) is 1. The Bertz CT molecular complexity index is 988. The highest BCUT2D eigenvalue weighted by Crippen LogP contribution is 2.24. The third kappa shape index (κ3) is 3.23. The molecule has 2 aromatic carbocycles. The van der Waals surface area contributed by atoms with Gasteiger partial charge < -0.3 is 9.30 Å². The number of hydrogen-bond acceptors (Lipinski definition) is 3. The molecular weight excluding hydrogens is 344 g/mol. The monoisotopic (exact) mass is 360 g/mol. The number of fused-ring (bicyclic) bond motifs is 1. The predicted molar refractivity (Wildman–Crippen MR) is 97.8 cm³/mol. The molecule has 1 heterocycles. The first-order chi connectivity index (χ1) is 11.5. The van der Waals surface area contributed by atoms with Crippen LogP contribution in [0.25, 0.3) is 10.2 Å². The van der Waals surface area contributed by atoms with Crippen LogP contribution in [0.1, 0.15) is 11.1 Å². The van der Waals surface area contributed by atoms with Crippen LogP contribution in [0, 0.1) is 6.92 Å². The third-order valence-corrected chi connectivity index (χ3v) is 5.21. The summed E-state index contributed by atoms with van der Waals surface area (Å²) in [5.74, 6) is 0.631. The zero-order valence-corrected chi connectivity index (χ0v) is 15.2. The number of para-hydroxylation sites is 1.